The van der Waals surface area contributed by atoms with E-state index in [1.54, 1.807) is 18.4 Å². The lowest BCUT2D eigenvalue weighted by Gasteiger charge is -2.32. The summed E-state index contributed by atoms with van der Waals surface area (Å²) in [4.78, 5) is 4.01. The van der Waals surface area contributed by atoms with Crippen LogP contribution in [0.1, 0.15) is 29.7 Å². The number of anilines is 1. The summed E-state index contributed by atoms with van der Waals surface area (Å²) in [5, 5.41) is 11.4. The number of fused-ring (bicyclic) bond motifs is 1. The van der Waals surface area contributed by atoms with Gasteiger partial charge in [0.05, 0.1) is 11.3 Å². The van der Waals surface area contributed by atoms with Crippen molar-refractivity contribution in [2.24, 2.45) is 0 Å². The average Bonchev–Trinajstić information content (AvgIpc) is 2.82. The molecule has 5 heteroatoms. The fourth-order valence-electron chi connectivity index (χ4n) is 2.60. The number of aromatic nitrogens is 1. The molecule has 0 fully saturated rings. The molecule has 94 valence electrons. The van der Waals surface area contributed by atoms with Crippen LogP contribution in [0.4, 0.5) is 5.82 Å². The van der Waals surface area contributed by atoms with Gasteiger partial charge in [-0.05, 0) is 25.0 Å². The fourth-order valence-corrected chi connectivity index (χ4v) is 2.76. The standard InChI is InChI=1S/C13H13ClN2O2/c14-8-6-10(12(15)16-7-8)13(17)4-1-2-11-9(13)3-5-18-11/h3,5-7,17H,1-2,4H2,(H2,15,16). The monoisotopic (exact) mass is 264 g/mol. The van der Waals surface area contributed by atoms with Crippen molar-refractivity contribution in [2.75, 3.05) is 5.73 Å². The second-order valence-electron chi connectivity index (χ2n) is 4.56. The number of aryl methyl sites for hydroxylation is 1. The van der Waals surface area contributed by atoms with Crippen LogP contribution in [0.3, 0.4) is 0 Å². The Bertz CT molecular complexity index is 596. The van der Waals surface area contributed by atoms with Crippen LogP contribution in [0.5, 0.6) is 0 Å². The molecule has 4 nitrogen and oxygen atoms in total. The molecule has 0 aromatic carbocycles. The van der Waals surface area contributed by atoms with E-state index in [2.05, 4.69) is 4.98 Å². The Kier molecular flexibility index (Phi) is 2.57. The number of halogens is 1. The van der Waals surface area contributed by atoms with Crippen molar-refractivity contribution in [3.63, 3.8) is 0 Å². The number of hydrogen-bond donors (Lipinski definition) is 2. The zero-order chi connectivity index (χ0) is 12.8. The molecule has 2 heterocycles. The lowest BCUT2D eigenvalue weighted by Crippen LogP contribution is -2.32. The van der Waals surface area contributed by atoms with Crippen LogP contribution in [-0.4, -0.2) is 10.1 Å². The van der Waals surface area contributed by atoms with E-state index in [1.807, 2.05) is 0 Å². The Hall–Kier alpha value is -1.52. The highest BCUT2D eigenvalue weighted by Crippen LogP contribution is 2.43. The summed E-state index contributed by atoms with van der Waals surface area (Å²) in [6.07, 6.45) is 5.32. The molecule has 0 radical (unpaired) electrons. The Morgan fingerprint density at radius 3 is 3.11 bits per heavy atom. The van der Waals surface area contributed by atoms with Crippen molar-refractivity contribution >= 4 is 17.4 Å². The van der Waals surface area contributed by atoms with Crippen molar-refractivity contribution in [2.45, 2.75) is 24.9 Å². The van der Waals surface area contributed by atoms with Gasteiger partial charge in [0.2, 0.25) is 0 Å². The Morgan fingerprint density at radius 2 is 2.28 bits per heavy atom. The highest BCUT2D eigenvalue weighted by molar-refractivity contribution is 6.30. The molecule has 2 aromatic heterocycles. The first-order valence-corrected chi connectivity index (χ1v) is 6.20. The Balaban J connectivity index is 2.20. The number of nitrogens with zero attached hydrogens (tertiary/aromatic N) is 1. The molecule has 0 amide bonds. The molecule has 3 rings (SSSR count). The molecule has 2 aromatic rings. The van der Waals surface area contributed by atoms with Crippen LogP contribution in [0, 0.1) is 0 Å². The minimum absolute atomic E-state index is 0.302. The number of rotatable bonds is 1. The van der Waals surface area contributed by atoms with Crippen LogP contribution >= 0.6 is 11.6 Å². The first-order valence-electron chi connectivity index (χ1n) is 5.82. The molecule has 0 saturated carbocycles. The molecule has 1 atom stereocenters. The first kappa shape index (κ1) is 11.6. The molecule has 0 bridgehead atoms. The van der Waals surface area contributed by atoms with Crippen molar-refractivity contribution < 1.29 is 9.52 Å². The number of pyridine rings is 1. The molecular weight excluding hydrogens is 252 g/mol. The van der Waals surface area contributed by atoms with Gasteiger partial charge in [-0.15, -0.1) is 0 Å². The number of aliphatic hydroxyl groups is 1. The maximum Gasteiger partial charge on any atom is 0.129 e. The number of nitrogens with two attached hydrogens (primary N) is 1. The van der Waals surface area contributed by atoms with Crippen molar-refractivity contribution in [3.05, 3.63) is 46.5 Å². The van der Waals surface area contributed by atoms with Gasteiger partial charge in [0.1, 0.15) is 17.2 Å². The third kappa shape index (κ3) is 1.61. The highest BCUT2D eigenvalue weighted by atomic mass is 35.5. The molecule has 0 aliphatic heterocycles. The first-order chi connectivity index (χ1) is 8.61. The second-order valence-corrected chi connectivity index (χ2v) is 4.99. The van der Waals surface area contributed by atoms with Gasteiger partial charge in [0, 0.05) is 23.7 Å². The summed E-state index contributed by atoms with van der Waals surface area (Å²) in [6, 6.07) is 3.46. The zero-order valence-electron chi connectivity index (χ0n) is 9.69. The van der Waals surface area contributed by atoms with E-state index < -0.39 is 5.60 Å². The van der Waals surface area contributed by atoms with Gasteiger partial charge in [0.25, 0.3) is 0 Å². The van der Waals surface area contributed by atoms with E-state index in [4.69, 9.17) is 21.8 Å². The molecule has 3 N–H and O–H groups in total. The van der Waals surface area contributed by atoms with E-state index >= 15 is 0 Å². The highest BCUT2D eigenvalue weighted by Gasteiger charge is 2.39. The largest absolute Gasteiger partial charge is 0.469 e. The molecule has 18 heavy (non-hydrogen) atoms. The lowest BCUT2D eigenvalue weighted by molar-refractivity contribution is 0.0594. The predicted octanol–water partition coefficient (Wildman–Crippen LogP) is 2.48. The number of furan rings is 1. The Morgan fingerprint density at radius 1 is 1.44 bits per heavy atom. The number of hydrogen-bond acceptors (Lipinski definition) is 4. The van der Waals surface area contributed by atoms with Crippen LogP contribution < -0.4 is 5.73 Å². The number of nitrogen functional groups attached to an aromatic ring is 1. The maximum absolute atomic E-state index is 11.0. The molecule has 1 unspecified atom stereocenters. The minimum Gasteiger partial charge on any atom is -0.469 e. The van der Waals surface area contributed by atoms with Crippen LogP contribution in [-0.2, 0) is 12.0 Å². The smallest absolute Gasteiger partial charge is 0.129 e. The molecule has 1 aliphatic carbocycles. The van der Waals surface area contributed by atoms with Crippen LogP contribution in [0.2, 0.25) is 5.02 Å². The van der Waals surface area contributed by atoms with Crippen molar-refractivity contribution in [1.29, 1.82) is 0 Å². The zero-order valence-corrected chi connectivity index (χ0v) is 10.4. The van der Waals surface area contributed by atoms with E-state index in [0.29, 0.717) is 22.8 Å². The molecular formula is C13H13ClN2O2. The third-order valence-corrected chi connectivity index (χ3v) is 3.67. The summed E-state index contributed by atoms with van der Waals surface area (Å²) >= 11 is 5.95. The van der Waals surface area contributed by atoms with Crippen molar-refractivity contribution in [3.8, 4) is 0 Å². The fraction of sp³-hybridized carbons (Fsp3) is 0.308. The summed E-state index contributed by atoms with van der Waals surface area (Å²) in [5.41, 5.74) is 6.04. The van der Waals surface area contributed by atoms with Crippen LogP contribution in [0.15, 0.2) is 29.0 Å². The van der Waals surface area contributed by atoms with Crippen LogP contribution in [0.25, 0.3) is 0 Å². The summed E-state index contributed by atoms with van der Waals surface area (Å²) in [5.74, 6) is 1.11. The van der Waals surface area contributed by atoms with E-state index in [0.717, 1.165) is 24.2 Å². The van der Waals surface area contributed by atoms with Gasteiger partial charge in [-0.3, -0.25) is 0 Å². The topological polar surface area (TPSA) is 72.3 Å². The second kappa shape index (κ2) is 4.00. The molecule has 0 saturated heterocycles. The van der Waals surface area contributed by atoms with Gasteiger partial charge in [-0.2, -0.15) is 0 Å². The van der Waals surface area contributed by atoms with Gasteiger partial charge < -0.3 is 15.3 Å². The van der Waals surface area contributed by atoms with Gasteiger partial charge in [-0.1, -0.05) is 11.6 Å². The van der Waals surface area contributed by atoms with Gasteiger partial charge in [-0.25, -0.2) is 4.98 Å². The summed E-state index contributed by atoms with van der Waals surface area (Å²) in [6.45, 7) is 0. The summed E-state index contributed by atoms with van der Waals surface area (Å²) < 4.78 is 5.39. The lowest BCUT2D eigenvalue weighted by atomic mass is 9.78. The van der Waals surface area contributed by atoms with E-state index in [9.17, 15) is 5.11 Å². The normalized spacial score (nSPS) is 22.8. The van der Waals surface area contributed by atoms with Gasteiger partial charge in [0.15, 0.2) is 0 Å². The predicted molar refractivity (Wildman–Crippen MR) is 68.3 cm³/mol. The van der Waals surface area contributed by atoms with Crippen molar-refractivity contribution in [1.82, 2.24) is 4.98 Å². The van der Waals surface area contributed by atoms with E-state index in [1.165, 1.54) is 6.20 Å². The third-order valence-electron chi connectivity index (χ3n) is 3.46. The average molecular weight is 265 g/mol. The maximum atomic E-state index is 11.0. The minimum atomic E-state index is -1.15. The van der Waals surface area contributed by atoms with E-state index in [-0.39, 0.29) is 0 Å². The summed E-state index contributed by atoms with van der Waals surface area (Å²) in [7, 11) is 0. The Labute approximate surface area is 109 Å². The molecule has 1 aliphatic rings. The van der Waals surface area contributed by atoms with Gasteiger partial charge >= 0.3 is 0 Å². The molecule has 0 spiro atoms. The SMILES string of the molecule is Nc1ncc(Cl)cc1C1(O)CCCc2occc21. The quantitative estimate of drug-likeness (QED) is 0.830.